The Kier molecular flexibility index (Phi) is 5.10. The maximum Gasteiger partial charge on any atom is 0.257 e. The summed E-state index contributed by atoms with van der Waals surface area (Å²) in [6.45, 7) is 1.93. The molecule has 4 aromatic rings. The van der Waals surface area contributed by atoms with Crippen LogP contribution in [0.1, 0.15) is 46.1 Å². The molecule has 38 heavy (non-hydrogen) atoms. The standard InChI is InChI=1S/C28H27N7O3/c1-32-16-20(15-29-32)26(36)34-12-10-28-23-8-2-3-9-24(23)35(27(28)37)18-21-17-33(31-30-21)11-5-13-38-22-7-4-6-19(14-22)25(28)34/h2-4,6-9,14-17,25H,5,10-13,18H2,1H3/t25-,28+/m0/s1. The number of benzene rings is 2. The highest BCUT2D eigenvalue weighted by atomic mass is 16.5. The summed E-state index contributed by atoms with van der Waals surface area (Å²) in [5.41, 5.74) is 2.94. The first-order chi connectivity index (χ1) is 18.5. The van der Waals surface area contributed by atoms with E-state index < -0.39 is 11.5 Å². The number of aryl methyl sites for hydroxylation is 2. The van der Waals surface area contributed by atoms with Crippen LogP contribution >= 0.6 is 0 Å². The number of amides is 2. The Balaban J connectivity index is 1.42. The third kappa shape index (κ3) is 3.36. The van der Waals surface area contributed by atoms with Gasteiger partial charge in [-0.1, -0.05) is 35.5 Å². The van der Waals surface area contributed by atoms with Crippen molar-refractivity contribution in [1.29, 1.82) is 0 Å². The Bertz CT molecular complexity index is 1560. The molecule has 2 amide bonds. The van der Waals surface area contributed by atoms with Crippen molar-refractivity contribution in [3.63, 3.8) is 0 Å². The van der Waals surface area contributed by atoms with E-state index in [4.69, 9.17) is 4.74 Å². The van der Waals surface area contributed by atoms with Gasteiger partial charge in [-0.05, 0) is 35.7 Å². The molecule has 6 bridgehead atoms. The van der Waals surface area contributed by atoms with Gasteiger partial charge in [-0.25, -0.2) is 0 Å². The van der Waals surface area contributed by atoms with Crippen LogP contribution in [-0.4, -0.2) is 54.6 Å². The van der Waals surface area contributed by atoms with Crippen molar-refractivity contribution in [2.45, 2.75) is 37.4 Å². The van der Waals surface area contributed by atoms with Crippen LogP contribution in [0.25, 0.3) is 0 Å². The Hall–Kier alpha value is -4.47. The number of rotatable bonds is 1. The van der Waals surface area contributed by atoms with Crippen molar-refractivity contribution in [2.24, 2.45) is 7.05 Å². The van der Waals surface area contributed by atoms with Crippen molar-refractivity contribution in [3.8, 4) is 5.75 Å². The van der Waals surface area contributed by atoms with Crippen molar-refractivity contribution in [3.05, 3.63) is 89.5 Å². The van der Waals surface area contributed by atoms with Crippen LogP contribution in [-0.2, 0) is 30.3 Å². The molecule has 0 aliphatic carbocycles. The maximum absolute atomic E-state index is 14.6. The topological polar surface area (TPSA) is 98.4 Å². The molecule has 5 heterocycles. The zero-order valence-electron chi connectivity index (χ0n) is 21.0. The minimum atomic E-state index is -0.941. The second-order valence-corrected chi connectivity index (χ2v) is 10.2. The molecule has 1 saturated heterocycles. The van der Waals surface area contributed by atoms with Crippen LogP contribution in [0, 0.1) is 0 Å². The molecule has 2 atom stereocenters. The van der Waals surface area contributed by atoms with Gasteiger partial charge in [0.25, 0.3) is 5.91 Å². The Labute approximate surface area is 219 Å². The first kappa shape index (κ1) is 22.7. The fourth-order valence-corrected chi connectivity index (χ4v) is 6.30. The second kappa shape index (κ2) is 8.54. The summed E-state index contributed by atoms with van der Waals surface area (Å²) in [6.07, 6.45) is 6.47. The maximum atomic E-state index is 14.6. The third-order valence-corrected chi connectivity index (χ3v) is 7.92. The van der Waals surface area contributed by atoms with E-state index >= 15 is 0 Å². The average molecular weight is 510 g/mol. The number of carbonyl (C=O) groups is 2. The number of likely N-dealkylation sites (tertiary alicyclic amines) is 1. The highest BCUT2D eigenvalue weighted by Gasteiger charge is 2.61. The first-order valence-corrected chi connectivity index (χ1v) is 12.9. The smallest absolute Gasteiger partial charge is 0.257 e. The van der Waals surface area contributed by atoms with Gasteiger partial charge in [-0.15, -0.1) is 5.10 Å². The first-order valence-electron chi connectivity index (χ1n) is 12.9. The number of fused-ring (bicyclic) bond motifs is 8. The molecule has 3 aliphatic rings. The molecule has 1 spiro atoms. The lowest BCUT2D eigenvalue weighted by Gasteiger charge is -2.35. The molecule has 2 aromatic carbocycles. The lowest BCUT2D eigenvalue weighted by Crippen LogP contribution is -2.45. The quantitative estimate of drug-likeness (QED) is 0.391. The van der Waals surface area contributed by atoms with Crippen LogP contribution in [0.2, 0.25) is 0 Å². The number of hydrogen-bond acceptors (Lipinski definition) is 6. The molecule has 10 nitrogen and oxygen atoms in total. The zero-order chi connectivity index (χ0) is 25.9. The minimum Gasteiger partial charge on any atom is -0.494 e. The predicted molar refractivity (Wildman–Crippen MR) is 137 cm³/mol. The van der Waals surface area contributed by atoms with E-state index in [1.54, 1.807) is 28.8 Å². The number of ether oxygens (including phenoxy) is 1. The van der Waals surface area contributed by atoms with Crippen LogP contribution in [0.4, 0.5) is 5.69 Å². The predicted octanol–water partition coefficient (Wildman–Crippen LogP) is 2.87. The van der Waals surface area contributed by atoms with Crippen molar-refractivity contribution in [2.75, 3.05) is 18.1 Å². The summed E-state index contributed by atoms with van der Waals surface area (Å²) < 4.78 is 9.52. The van der Waals surface area contributed by atoms with Gasteiger partial charge in [0.05, 0.1) is 37.2 Å². The van der Waals surface area contributed by atoms with Crippen molar-refractivity contribution >= 4 is 17.5 Å². The molecule has 0 radical (unpaired) electrons. The van der Waals surface area contributed by atoms with E-state index in [0.717, 1.165) is 28.9 Å². The summed E-state index contributed by atoms with van der Waals surface area (Å²) in [4.78, 5) is 32.2. The van der Waals surface area contributed by atoms with Gasteiger partial charge in [-0.2, -0.15) is 5.10 Å². The molecule has 192 valence electrons. The Morgan fingerprint density at radius 1 is 1.11 bits per heavy atom. The SMILES string of the molecule is Cn1cc(C(=O)N2CC[C@]34C(=O)N(Cc5cn(nn5)CCCOc5cccc(c5)[C@H]23)c2ccccc24)cn1. The highest BCUT2D eigenvalue weighted by molar-refractivity contribution is 6.10. The van der Waals surface area contributed by atoms with Crippen LogP contribution in [0.15, 0.2) is 67.1 Å². The van der Waals surface area contributed by atoms with E-state index in [1.165, 1.54) is 0 Å². The number of hydrogen-bond donors (Lipinski definition) is 0. The van der Waals surface area contributed by atoms with E-state index in [1.807, 2.05) is 64.5 Å². The summed E-state index contributed by atoms with van der Waals surface area (Å²) in [5.74, 6) is 0.542. The lowest BCUT2D eigenvalue weighted by molar-refractivity contribution is -0.124. The Morgan fingerprint density at radius 2 is 2.00 bits per heavy atom. The van der Waals surface area contributed by atoms with Gasteiger partial charge in [0.1, 0.15) is 16.9 Å². The van der Waals surface area contributed by atoms with Gasteiger partial charge in [0.2, 0.25) is 5.91 Å². The molecule has 10 heteroatoms. The van der Waals surface area contributed by atoms with E-state index in [-0.39, 0.29) is 11.8 Å². The zero-order valence-corrected chi connectivity index (χ0v) is 21.0. The molecular formula is C28H27N7O3. The number of nitrogens with zero attached hydrogens (tertiary/aromatic N) is 7. The molecular weight excluding hydrogens is 482 g/mol. The number of anilines is 1. The van der Waals surface area contributed by atoms with Crippen LogP contribution < -0.4 is 9.64 Å². The minimum absolute atomic E-state index is 0.0269. The summed E-state index contributed by atoms with van der Waals surface area (Å²) >= 11 is 0. The Morgan fingerprint density at radius 3 is 2.87 bits per heavy atom. The van der Waals surface area contributed by atoms with E-state index in [9.17, 15) is 9.59 Å². The molecule has 2 aromatic heterocycles. The summed E-state index contributed by atoms with van der Waals surface area (Å²) in [7, 11) is 1.79. The normalized spacial score (nSPS) is 22.3. The summed E-state index contributed by atoms with van der Waals surface area (Å²) in [6, 6.07) is 15.2. The largest absolute Gasteiger partial charge is 0.494 e. The molecule has 1 fully saturated rings. The summed E-state index contributed by atoms with van der Waals surface area (Å²) in [5, 5.41) is 12.8. The highest BCUT2D eigenvalue weighted by Crippen LogP contribution is 2.57. The van der Waals surface area contributed by atoms with Gasteiger partial charge in [0, 0.05) is 38.4 Å². The van der Waals surface area contributed by atoms with Crippen LogP contribution in [0.3, 0.4) is 0 Å². The fourth-order valence-electron chi connectivity index (χ4n) is 6.30. The molecule has 7 rings (SSSR count). The van der Waals surface area contributed by atoms with Crippen molar-refractivity contribution < 1.29 is 14.3 Å². The van der Waals surface area contributed by atoms with Crippen LogP contribution in [0.5, 0.6) is 5.75 Å². The molecule has 0 unspecified atom stereocenters. The third-order valence-electron chi connectivity index (χ3n) is 7.92. The van der Waals surface area contributed by atoms with Gasteiger partial charge >= 0.3 is 0 Å². The fraction of sp³-hybridized carbons (Fsp3) is 0.321. The molecule has 0 saturated carbocycles. The average Bonchev–Trinajstić information content (AvgIpc) is 3.71. The number of para-hydroxylation sites is 1. The monoisotopic (exact) mass is 509 g/mol. The number of carbonyl (C=O) groups excluding carboxylic acids is 2. The molecule has 3 aliphatic heterocycles. The molecule has 0 N–H and O–H groups in total. The van der Waals surface area contributed by atoms with Gasteiger partial charge in [-0.3, -0.25) is 19.0 Å². The van der Waals surface area contributed by atoms with E-state index in [2.05, 4.69) is 15.4 Å². The second-order valence-electron chi connectivity index (χ2n) is 10.2. The van der Waals surface area contributed by atoms with Crippen molar-refractivity contribution in [1.82, 2.24) is 29.7 Å². The van der Waals surface area contributed by atoms with E-state index in [0.29, 0.717) is 44.0 Å². The number of aromatic nitrogens is 5. The van der Waals surface area contributed by atoms with Gasteiger partial charge in [0.15, 0.2) is 0 Å². The lowest BCUT2D eigenvalue weighted by atomic mass is 9.72. The van der Waals surface area contributed by atoms with Gasteiger partial charge < -0.3 is 14.5 Å².